The van der Waals surface area contributed by atoms with Crippen LogP contribution in [-0.4, -0.2) is 49.1 Å². The molecule has 4 N–H and O–H groups in total. The predicted octanol–water partition coefficient (Wildman–Crippen LogP) is -0.696. The van der Waals surface area contributed by atoms with Crippen LogP contribution in [0.4, 0.5) is 0 Å². The van der Waals surface area contributed by atoms with Gasteiger partial charge in [0.05, 0.1) is 19.8 Å². The molecule has 0 aliphatic heterocycles. The summed E-state index contributed by atoms with van der Waals surface area (Å²) in [6.07, 6.45) is 0.728. The third-order valence-corrected chi connectivity index (χ3v) is 5.81. The summed E-state index contributed by atoms with van der Waals surface area (Å²) in [6, 6.07) is 3.17. The summed E-state index contributed by atoms with van der Waals surface area (Å²) in [5, 5.41) is 27.3. The molecule has 0 aliphatic carbocycles. The maximum Gasteiger partial charge on any atom is 0.250 e. The van der Waals surface area contributed by atoms with E-state index in [1.807, 2.05) is 6.92 Å². The lowest BCUT2D eigenvalue weighted by Crippen LogP contribution is -2.56. The smallest absolute Gasteiger partial charge is 0.250 e. The van der Waals surface area contributed by atoms with E-state index >= 15 is 0 Å². The minimum atomic E-state index is -3.85. The van der Waals surface area contributed by atoms with Crippen molar-refractivity contribution in [1.29, 1.82) is 0 Å². The van der Waals surface area contributed by atoms with Gasteiger partial charge in [0.1, 0.15) is 9.75 Å². The van der Waals surface area contributed by atoms with Crippen LogP contribution < -0.4 is 4.72 Å². The Morgan fingerprint density at radius 2 is 1.78 bits per heavy atom. The van der Waals surface area contributed by atoms with Crippen LogP contribution in [-0.2, 0) is 16.4 Å². The molecule has 0 unspecified atom stereocenters. The second-order valence-electron chi connectivity index (χ2n) is 3.93. The standard InChI is InChI=1S/C10H17NO5S2/c1-2-8-3-4-9(17-8)18(15,16)11-10(5-12,6-13)7-14/h3-4,11-14H,2,5-7H2,1H3. The zero-order chi connectivity index (χ0) is 13.8. The molecular formula is C10H17NO5S2. The van der Waals surface area contributed by atoms with Crippen LogP contribution in [0.15, 0.2) is 16.3 Å². The molecule has 104 valence electrons. The summed E-state index contributed by atoms with van der Waals surface area (Å²) in [4.78, 5) is 0.915. The molecule has 0 atom stereocenters. The zero-order valence-corrected chi connectivity index (χ0v) is 11.6. The molecule has 0 fully saturated rings. The van der Waals surface area contributed by atoms with Gasteiger partial charge in [0.25, 0.3) is 10.0 Å². The Bertz CT molecular complexity index is 470. The summed E-state index contributed by atoms with van der Waals surface area (Å²) in [7, 11) is -3.85. The van der Waals surface area contributed by atoms with Crippen LogP contribution in [0.25, 0.3) is 0 Å². The zero-order valence-electron chi connectivity index (χ0n) is 9.96. The maximum atomic E-state index is 12.0. The first kappa shape index (κ1) is 15.5. The molecule has 0 amide bonds. The third-order valence-electron chi connectivity index (χ3n) is 2.51. The van der Waals surface area contributed by atoms with Crippen molar-refractivity contribution in [3.63, 3.8) is 0 Å². The molecule has 6 nitrogen and oxygen atoms in total. The van der Waals surface area contributed by atoms with Gasteiger partial charge in [-0.15, -0.1) is 11.3 Å². The van der Waals surface area contributed by atoms with E-state index < -0.39 is 35.4 Å². The lowest BCUT2D eigenvalue weighted by atomic mass is 10.1. The SMILES string of the molecule is CCc1ccc(S(=O)(=O)NC(CO)(CO)CO)s1. The lowest BCUT2D eigenvalue weighted by Gasteiger charge is -2.27. The van der Waals surface area contributed by atoms with Crippen molar-refractivity contribution in [2.24, 2.45) is 0 Å². The van der Waals surface area contributed by atoms with Gasteiger partial charge in [-0.05, 0) is 18.6 Å². The number of aliphatic hydroxyl groups excluding tert-OH is 3. The Labute approximate surface area is 110 Å². The summed E-state index contributed by atoms with van der Waals surface area (Å²) in [5.41, 5.74) is -1.64. The van der Waals surface area contributed by atoms with E-state index in [9.17, 15) is 8.42 Å². The molecule has 0 aliphatic rings. The van der Waals surface area contributed by atoms with Crippen molar-refractivity contribution in [2.75, 3.05) is 19.8 Å². The van der Waals surface area contributed by atoms with Crippen LogP contribution >= 0.6 is 11.3 Å². The second kappa shape index (κ2) is 6.09. The van der Waals surface area contributed by atoms with Crippen molar-refractivity contribution in [1.82, 2.24) is 4.72 Å². The van der Waals surface area contributed by atoms with Gasteiger partial charge < -0.3 is 15.3 Å². The third kappa shape index (κ3) is 3.28. The first-order valence-electron chi connectivity index (χ1n) is 5.38. The minimum absolute atomic E-state index is 0.0964. The van der Waals surface area contributed by atoms with E-state index in [0.717, 1.165) is 22.6 Å². The molecule has 8 heteroatoms. The number of hydrogen-bond donors (Lipinski definition) is 4. The fraction of sp³-hybridized carbons (Fsp3) is 0.600. The average Bonchev–Trinajstić information content (AvgIpc) is 2.85. The minimum Gasteiger partial charge on any atom is -0.394 e. The normalized spacial score (nSPS) is 12.9. The van der Waals surface area contributed by atoms with Gasteiger partial charge in [-0.25, -0.2) is 8.42 Å². The number of aliphatic hydroxyl groups is 3. The highest BCUT2D eigenvalue weighted by molar-refractivity contribution is 7.91. The number of aryl methyl sites for hydroxylation is 1. The van der Waals surface area contributed by atoms with Crippen molar-refractivity contribution < 1.29 is 23.7 Å². The van der Waals surface area contributed by atoms with Gasteiger partial charge >= 0.3 is 0 Å². The van der Waals surface area contributed by atoms with Crippen LogP contribution in [0.3, 0.4) is 0 Å². The fourth-order valence-corrected chi connectivity index (χ4v) is 3.95. The van der Waals surface area contributed by atoms with Gasteiger partial charge in [0.2, 0.25) is 0 Å². The van der Waals surface area contributed by atoms with Gasteiger partial charge in [-0.2, -0.15) is 4.72 Å². The largest absolute Gasteiger partial charge is 0.394 e. The number of hydrogen-bond acceptors (Lipinski definition) is 6. The van der Waals surface area contributed by atoms with Crippen LogP contribution in [0.2, 0.25) is 0 Å². The molecule has 18 heavy (non-hydrogen) atoms. The quantitative estimate of drug-likeness (QED) is 0.532. The van der Waals surface area contributed by atoms with E-state index in [4.69, 9.17) is 15.3 Å². The summed E-state index contributed by atoms with van der Waals surface area (Å²) >= 11 is 1.12. The first-order chi connectivity index (χ1) is 8.43. The maximum absolute atomic E-state index is 12.0. The van der Waals surface area contributed by atoms with E-state index in [-0.39, 0.29) is 4.21 Å². The highest BCUT2D eigenvalue weighted by Crippen LogP contribution is 2.23. The molecule has 1 aromatic heterocycles. The first-order valence-corrected chi connectivity index (χ1v) is 7.68. The van der Waals surface area contributed by atoms with Crippen LogP contribution in [0.1, 0.15) is 11.8 Å². The molecule has 0 aromatic carbocycles. The van der Waals surface area contributed by atoms with Crippen molar-refractivity contribution in [3.8, 4) is 0 Å². The molecule has 0 spiro atoms. The Balaban J connectivity index is 3.00. The van der Waals surface area contributed by atoms with Gasteiger partial charge in [0, 0.05) is 4.88 Å². The highest BCUT2D eigenvalue weighted by Gasteiger charge is 2.34. The summed E-state index contributed by atoms with van der Waals surface area (Å²) in [6.45, 7) is -0.156. The van der Waals surface area contributed by atoms with E-state index in [1.165, 1.54) is 6.07 Å². The Hall–Kier alpha value is -0.510. The van der Waals surface area contributed by atoms with E-state index in [2.05, 4.69) is 4.72 Å². The molecule has 1 rings (SSSR count). The van der Waals surface area contributed by atoms with E-state index in [1.54, 1.807) is 6.07 Å². The number of rotatable bonds is 7. The van der Waals surface area contributed by atoms with Crippen molar-refractivity contribution in [3.05, 3.63) is 17.0 Å². The van der Waals surface area contributed by atoms with E-state index in [0.29, 0.717) is 0 Å². The van der Waals surface area contributed by atoms with Gasteiger partial charge in [0.15, 0.2) is 0 Å². The Kier molecular flexibility index (Phi) is 5.26. The molecule has 0 saturated carbocycles. The van der Waals surface area contributed by atoms with Crippen LogP contribution in [0.5, 0.6) is 0 Å². The van der Waals surface area contributed by atoms with Crippen molar-refractivity contribution >= 4 is 21.4 Å². The fourth-order valence-electron chi connectivity index (χ4n) is 1.27. The Morgan fingerprint density at radius 3 is 2.17 bits per heavy atom. The summed E-state index contributed by atoms with van der Waals surface area (Å²) in [5.74, 6) is 0. The number of thiophene rings is 1. The Morgan fingerprint density at radius 1 is 1.22 bits per heavy atom. The van der Waals surface area contributed by atoms with Crippen molar-refractivity contribution in [2.45, 2.75) is 23.1 Å². The molecule has 0 saturated heterocycles. The second-order valence-corrected chi connectivity index (χ2v) is 7.01. The molecule has 1 aromatic rings. The molecule has 0 bridgehead atoms. The molecule has 1 heterocycles. The lowest BCUT2D eigenvalue weighted by molar-refractivity contribution is 0.0582. The van der Waals surface area contributed by atoms with Crippen LogP contribution in [0, 0.1) is 0 Å². The molecular weight excluding hydrogens is 278 g/mol. The summed E-state index contributed by atoms with van der Waals surface area (Å²) < 4.78 is 26.3. The average molecular weight is 295 g/mol. The number of sulfonamides is 1. The molecule has 0 radical (unpaired) electrons. The van der Waals surface area contributed by atoms with Gasteiger partial charge in [-0.3, -0.25) is 0 Å². The number of nitrogens with one attached hydrogen (secondary N) is 1. The van der Waals surface area contributed by atoms with Gasteiger partial charge in [-0.1, -0.05) is 6.92 Å². The predicted molar refractivity (Wildman–Crippen MR) is 68.0 cm³/mol. The topological polar surface area (TPSA) is 107 Å². The highest BCUT2D eigenvalue weighted by atomic mass is 32.2. The monoisotopic (exact) mass is 295 g/mol.